The number of aliphatic hydroxyl groups excluding tert-OH is 1. The molecule has 7 atom stereocenters. The fourth-order valence-corrected chi connectivity index (χ4v) is 6.75. The third-order valence-electron chi connectivity index (χ3n) is 8.21. The number of likely N-dealkylation sites (tertiary alicyclic amines) is 2. The first-order chi connectivity index (χ1) is 15.5. The average molecular weight is 451 g/mol. The van der Waals surface area contributed by atoms with E-state index in [9.17, 15) is 29.1 Å². The highest BCUT2D eigenvalue weighted by molar-refractivity contribution is 6.13. The molecule has 0 aromatic heterocycles. The molecule has 3 unspecified atom stereocenters. The number of amides is 5. The first-order valence-electron chi connectivity index (χ1n) is 10.9. The van der Waals surface area contributed by atoms with Crippen molar-refractivity contribution in [2.45, 2.75) is 25.5 Å². The predicted molar refractivity (Wildman–Crippen MR) is 114 cm³/mol. The van der Waals surface area contributed by atoms with Crippen LogP contribution in [0.4, 0.5) is 0 Å². The molecule has 5 aliphatic rings. The van der Waals surface area contributed by atoms with Crippen molar-refractivity contribution in [2.75, 3.05) is 14.1 Å². The van der Waals surface area contributed by atoms with E-state index >= 15 is 0 Å². The van der Waals surface area contributed by atoms with Gasteiger partial charge in [0.25, 0.3) is 5.91 Å². The summed E-state index contributed by atoms with van der Waals surface area (Å²) < 4.78 is 0. The van der Waals surface area contributed by atoms with E-state index in [1.54, 1.807) is 43.3 Å². The summed E-state index contributed by atoms with van der Waals surface area (Å²) in [4.78, 5) is 68.8. The Morgan fingerprint density at radius 2 is 1.36 bits per heavy atom. The molecule has 2 bridgehead atoms. The monoisotopic (exact) mass is 451 g/mol. The maximum atomic E-state index is 13.4. The van der Waals surface area contributed by atoms with Gasteiger partial charge in [-0.15, -0.1) is 0 Å². The Bertz CT molecular complexity index is 1110. The van der Waals surface area contributed by atoms with E-state index in [1.807, 2.05) is 0 Å². The molecule has 2 aliphatic heterocycles. The zero-order valence-corrected chi connectivity index (χ0v) is 18.7. The summed E-state index contributed by atoms with van der Waals surface area (Å²) >= 11 is 0. The highest BCUT2D eigenvalue weighted by Crippen LogP contribution is 2.67. The van der Waals surface area contributed by atoms with Crippen molar-refractivity contribution in [2.24, 2.45) is 29.1 Å². The van der Waals surface area contributed by atoms with Gasteiger partial charge in [-0.3, -0.25) is 33.8 Å². The molecular weight excluding hydrogens is 426 g/mol. The first-order valence-corrected chi connectivity index (χ1v) is 10.9. The van der Waals surface area contributed by atoms with Gasteiger partial charge in [0, 0.05) is 25.1 Å². The molecule has 2 N–H and O–H groups in total. The Morgan fingerprint density at radius 3 is 1.82 bits per heavy atom. The molecule has 9 nitrogen and oxygen atoms in total. The minimum Gasteiger partial charge on any atom is -0.389 e. The first kappa shape index (κ1) is 21.5. The molecule has 1 aromatic carbocycles. The van der Waals surface area contributed by atoms with E-state index < -0.39 is 70.3 Å². The van der Waals surface area contributed by atoms with Crippen LogP contribution in [-0.2, 0) is 19.2 Å². The Hall–Kier alpha value is -3.33. The molecule has 2 saturated heterocycles. The molecule has 33 heavy (non-hydrogen) atoms. The largest absolute Gasteiger partial charge is 0.389 e. The number of aliphatic hydroxyl groups is 1. The van der Waals surface area contributed by atoms with Crippen LogP contribution in [0.3, 0.4) is 0 Å². The van der Waals surface area contributed by atoms with Crippen molar-refractivity contribution < 1.29 is 29.1 Å². The van der Waals surface area contributed by atoms with Crippen LogP contribution in [0.1, 0.15) is 24.2 Å². The van der Waals surface area contributed by atoms with Crippen LogP contribution in [0.5, 0.6) is 0 Å². The summed E-state index contributed by atoms with van der Waals surface area (Å²) in [5.74, 6) is -6.66. The zero-order chi connectivity index (χ0) is 24.0. The number of nitrogens with one attached hydrogen (secondary N) is 1. The van der Waals surface area contributed by atoms with Gasteiger partial charge in [-0.1, -0.05) is 31.2 Å². The van der Waals surface area contributed by atoms with Crippen LogP contribution >= 0.6 is 0 Å². The van der Waals surface area contributed by atoms with Gasteiger partial charge in [0.2, 0.25) is 23.6 Å². The second-order valence-electron chi connectivity index (χ2n) is 9.69. The lowest BCUT2D eigenvalue weighted by Crippen LogP contribution is -2.73. The van der Waals surface area contributed by atoms with Crippen LogP contribution in [0.25, 0.3) is 0 Å². The maximum absolute atomic E-state index is 13.4. The van der Waals surface area contributed by atoms with Crippen molar-refractivity contribution in [3.05, 3.63) is 47.5 Å². The number of carbonyl (C=O) groups is 5. The van der Waals surface area contributed by atoms with E-state index in [4.69, 9.17) is 0 Å². The number of rotatable bonds is 3. The third kappa shape index (κ3) is 2.37. The molecule has 6 rings (SSSR count). The molecule has 0 spiro atoms. The SMILES string of the molecule is CC(O)C1=CC2(NC(=O)c3ccccc3)[C@@H]3C(=O)N(C)C(=O)[C@@H]3C1(C)[C@@H]1C(=O)N(C)C(=O)[C@@H]12. The number of carbonyl (C=O) groups excluding carboxylic acids is 5. The van der Waals surface area contributed by atoms with Gasteiger partial charge in [0.1, 0.15) is 0 Å². The van der Waals surface area contributed by atoms with E-state index in [-0.39, 0.29) is 0 Å². The quantitative estimate of drug-likeness (QED) is 0.491. The van der Waals surface area contributed by atoms with E-state index in [0.717, 1.165) is 9.80 Å². The third-order valence-corrected chi connectivity index (χ3v) is 8.21. The lowest BCUT2D eigenvalue weighted by Gasteiger charge is -2.61. The molecule has 0 radical (unpaired) electrons. The lowest BCUT2D eigenvalue weighted by molar-refractivity contribution is -0.152. The number of nitrogens with zero attached hydrogens (tertiary/aromatic N) is 2. The second kappa shape index (κ2) is 6.60. The Kier molecular flexibility index (Phi) is 4.30. The van der Waals surface area contributed by atoms with E-state index in [0.29, 0.717) is 11.1 Å². The Labute approximate surface area is 190 Å². The van der Waals surface area contributed by atoms with Crippen molar-refractivity contribution in [3.8, 4) is 0 Å². The van der Waals surface area contributed by atoms with E-state index in [1.165, 1.54) is 21.0 Å². The van der Waals surface area contributed by atoms with Crippen molar-refractivity contribution in [1.82, 2.24) is 15.1 Å². The molecule has 3 aliphatic carbocycles. The predicted octanol–water partition coefficient (Wildman–Crippen LogP) is -0.0421. The highest BCUT2D eigenvalue weighted by atomic mass is 16.3. The van der Waals surface area contributed by atoms with Crippen LogP contribution in [-0.4, -0.2) is 70.2 Å². The highest BCUT2D eigenvalue weighted by Gasteiger charge is 2.79. The minimum atomic E-state index is -1.64. The van der Waals surface area contributed by atoms with Gasteiger partial charge in [0.15, 0.2) is 0 Å². The topological polar surface area (TPSA) is 124 Å². The summed E-state index contributed by atoms with van der Waals surface area (Å²) in [6.45, 7) is 3.20. The standard InChI is InChI=1S/C24H25N3O6/c1-11(28)13-10-24(25-18(29)12-8-6-5-7-9-12)16-14(19(30)26(3)21(16)32)23(13,2)15-17(24)22(33)27(4)20(15)31/h5-11,14-17,28H,1-4H3,(H,25,29)/t11?,14-,15+,16+,17-,23?,24?. The fraction of sp³-hybridized carbons (Fsp3) is 0.458. The zero-order valence-electron chi connectivity index (χ0n) is 18.7. The fourth-order valence-electron chi connectivity index (χ4n) is 6.75. The number of hydrogen-bond acceptors (Lipinski definition) is 6. The maximum Gasteiger partial charge on any atom is 0.252 e. The lowest BCUT2D eigenvalue weighted by atomic mass is 9.41. The van der Waals surface area contributed by atoms with Crippen LogP contribution in [0.2, 0.25) is 0 Å². The van der Waals surface area contributed by atoms with Gasteiger partial charge in [-0.05, 0) is 24.6 Å². The summed E-state index contributed by atoms with van der Waals surface area (Å²) in [6, 6.07) is 8.31. The van der Waals surface area contributed by atoms with Crippen LogP contribution in [0.15, 0.2) is 42.0 Å². The molecule has 1 saturated carbocycles. The summed E-state index contributed by atoms with van der Waals surface area (Å²) in [5.41, 5.74) is -2.20. The molecular formula is C24H25N3O6. The smallest absolute Gasteiger partial charge is 0.252 e. The molecule has 5 amide bonds. The van der Waals surface area contributed by atoms with Crippen LogP contribution in [0, 0.1) is 29.1 Å². The van der Waals surface area contributed by atoms with Gasteiger partial charge in [0.05, 0.1) is 35.3 Å². The van der Waals surface area contributed by atoms with Gasteiger partial charge in [-0.25, -0.2) is 0 Å². The normalized spacial score (nSPS) is 37.8. The molecule has 1 aromatic rings. The van der Waals surface area contributed by atoms with Crippen molar-refractivity contribution in [1.29, 1.82) is 0 Å². The van der Waals surface area contributed by atoms with Crippen molar-refractivity contribution >= 4 is 29.5 Å². The van der Waals surface area contributed by atoms with Crippen LogP contribution < -0.4 is 5.32 Å². The molecule has 172 valence electrons. The minimum absolute atomic E-state index is 0.307. The Balaban J connectivity index is 1.80. The summed E-state index contributed by atoms with van der Waals surface area (Å²) in [6.07, 6.45) is 0.516. The molecule has 2 heterocycles. The summed E-state index contributed by atoms with van der Waals surface area (Å²) in [7, 11) is 2.73. The van der Waals surface area contributed by atoms with Gasteiger partial charge >= 0.3 is 0 Å². The Morgan fingerprint density at radius 1 is 0.909 bits per heavy atom. The van der Waals surface area contributed by atoms with E-state index in [2.05, 4.69) is 5.32 Å². The number of benzene rings is 1. The van der Waals surface area contributed by atoms with Crippen molar-refractivity contribution in [3.63, 3.8) is 0 Å². The molecule has 9 heteroatoms. The second-order valence-corrected chi connectivity index (χ2v) is 9.69. The number of imide groups is 2. The number of hydrogen-bond donors (Lipinski definition) is 2. The summed E-state index contributed by atoms with van der Waals surface area (Å²) in [5, 5.41) is 13.6. The molecule has 3 fully saturated rings. The average Bonchev–Trinajstić information content (AvgIpc) is 3.17. The van der Waals surface area contributed by atoms with Gasteiger partial charge in [-0.2, -0.15) is 0 Å². The van der Waals surface area contributed by atoms with Gasteiger partial charge < -0.3 is 10.4 Å².